The summed E-state index contributed by atoms with van der Waals surface area (Å²) < 4.78 is 0. The van der Waals surface area contributed by atoms with Crippen molar-refractivity contribution in [2.75, 3.05) is 13.2 Å². The molecule has 1 aromatic heterocycles. The highest BCUT2D eigenvalue weighted by molar-refractivity contribution is 5.98. The first-order valence-electron chi connectivity index (χ1n) is 6.69. The zero-order chi connectivity index (χ0) is 13.4. The third kappa shape index (κ3) is 2.02. The molecule has 3 rings (SSSR count). The number of nitrogens with one attached hydrogen (secondary N) is 1. The Morgan fingerprint density at radius 1 is 1.47 bits per heavy atom. The van der Waals surface area contributed by atoms with Gasteiger partial charge < -0.3 is 15.0 Å². The molecule has 100 valence electrons. The summed E-state index contributed by atoms with van der Waals surface area (Å²) in [6, 6.07) is 7.63. The Morgan fingerprint density at radius 3 is 3.11 bits per heavy atom. The minimum Gasteiger partial charge on any atom is -0.394 e. The van der Waals surface area contributed by atoms with Crippen molar-refractivity contribution >= 4 is 16.8 Å². The van der Waals surface area contributed by atoms with E-state index in [0.717, 1.165) is 23.9 Å². The van der Waals surface area contributed by atoms with Gasteiger partial charge in [-0.3, -0.25) is 4.79 Å². The van der Waals surface area contributed by atoms with Gasteiger partial charge in [0.25, 0.3) is 5.91 Å². The van der Waals surface area contributed by atoms with Crippen LogP contribution < -0.4 is 0 Å². The van der Waals surface area contributed by atoms with Crippen molar-refractivity contribution in [3.8, 4) is 0 Å². The van der Waals surface area contributed by atoms with Crippen LogP contribution in [0.3, 0.4) is 0 Å². The number of aromatic amines is 1. The van der Waals surface area contributed by atoms with Gasteiger partial charge in [-0.05, 0) is 35.9 Å². The maximum Gasteiger partial charge on any atom is 0.254 e. The highest BCUT2D eigenvalue weighted by atomic mass is 16.3. The average Bonchev–Trinajstić information content (AvgIpc) is 3.02. The molecule has 1 amide bonds. The number of fused-ring (bicyclic) bond motifs is 1. The van der Waals surface area contributed by atoms with Gasteiger partial charge in [-0.15, -0.1) is 0 Å². The van der Waals surface area contributed by atoms with Gasteiger partial charge in [-0.25, -0.2) is 0 Å². The fourth-order valence-electron chi connectivity index (χ4n) is 2.89. The summed E-state index contributed by atoms with van der Waals surface area (Å²) >= 11 is 0. The molecule has 2 heterocycles. The Morgan fingerprint density at radius 2 is 2.32 bits per heavy atom. The van der Waals surface area contributed by atoms with E-state index in [-0.39, 0.29) is 18.6 Å². The standard InChI is InChI=1S/C15H18N2O2/c1-10-5-7-17(14(10)9-18)15(19)12-3-2-11-4-6-16-13(11)8-12/h2-4,6,8,10,14,16,18H,5,7,9H2,1H3. The molecule has 0 spiro atoms. The van der Waals surface area contributed by atoms with Crippen molar-refractivity contribution in [3.05, 3.63) is 36.0 Å². The average molecular weight is 258 g/mol. The number of benzene rings is 1. The van der Waals surface area contributed by atoms with Crippen LogP contribution in [0.5, 0.6) is 0 Å². The molecule has 4 nitrogen and oxygen atoms in total. The minimum atomic E-state index is -0.0492. The summed E-state index contributed by atoms with van der Waals surface area (Å²) in [4.78, 5) is 17.4. The second-order valence-electron chi connectivity index (χ2n) is 5.29. The lowest BCUT2D eigenvalue weighted by Gasteiger charge is -2.25. The van der Waals surface area contributed by atoms with Gasteiger partial charge >= 0.3 is 0 Å². The van der Waals surface area contributed by atoms with Gasteiger partial charge in [0.05, 0.1) is 12.6 Å². The number of aliphatic hydroxyl groups is 1. The number of hydrogen-bond donors (Lipinski definition) is 2. The molecule has 0 saturated carbocycles. The van der Waals surface area contributed by atoms with Crippen LogP contribution in [0.25, 0.3) is 10.9 Å². The minimum absolute atomic E-state index is 0.0138. The molecule has 1 aliphatic rings. The normalized spacial score (nSPS) is 23.2. The summed E-state index contributed by atoms with van der Waals surface area (Å²) in [7, 11) is 0. The Bertz CT molecular complexity index is 605. The van der Waals surface area contributed by atoms with Crippen molar-refractivity contribution < 1.29 is 9.90 Å². The first-order valence-corrected chi connectivity index (χ1v) is 6.69. The molecule has 0 bridgehead atoms. The van der Waals surface area contributed by atoms with Gasteiger partial charge in [0, 0.05) is 23.8 Å². The van der Waals surface area contributed by atoms with E-state index in [2.05, 4.69) is 11.9 Å². The Hall–Kier alpha value is -1.81. The van der Waals surface area contributed by atoms with Crippen LogP contribution in [0.4, 0.5) is 0 Å². The lowest BCUT2D eigenvalue weighted by atomic mass is 10.0. The van der Waals surface area contributed by atoms with Gasteiger partial charge in [0.1, 0.15) is 0 Å². The van der Waals surface area contributed by atoms with Gasteiger partial charge in [0.15, 0.2) is 0 Å². The number of hydrogen-bond acceptors (Lipinski definition) is 2. The number of aromatic nitrogens is 1. The quantitative estimate of drug-likeness (QED) is 0.865. The summed E-state index contributed by atoms with van der Waals surface area (Å²) in [5.41, 5.74) is 1.65. The predicted molar refractivity (Wildman–Crippen MR) is 74.0 cm³/mol. The van der Waals surface area contributed by atoms with Crippen LogP contribution in [-0.4, -0.2) is 40.1 Å². The van der Waals surface area contributed by atoms with E-state index in [4.69, 9.17) is 0 Å². The topological polar surface area (TPSA) is 56.3 Å². The van der Waals surface area contributed by atoms with E-state index in [9.17, 15) is 9.90 Å². The maximum absolute atomic E-state index is 12.5. The van der Waals surface area contributed by atoms with Gasteiger partial charge in [-0.1, -0.05) is 13.0 Å². The fraction of sp³-hybridized carbons (Fsp3) is 0.400. The number of nitrogens with zero attached hydrogens (tertiary/aromatic N) is 1. The molecule has 0 radical (unpaired) electrons. The molecule has 1 aliphatic heterocycles. The van der Waals surface area contributed by atoms with E-state index >= 15 is 0 Å². The van der Waals surface area contributed by atoms with Crippen LogP contribution in [-0.2, 0) is 0 Å². The number of H-pyrrole nitrogens is 1. The van der Waals surface area contributed by atoms with E-state index < -0.39 is 0 Å². The van der Waals surface area contributed by atoms with Crippen LogP contribution in [0.1, 0.15) is 23.7 Å². The number of rotatable bonds is 2. The molecular weight excluding hydrogens is 240 g/mol. The molecule has 0 aliphatic carbocycles. The number of carbonyl (C=O) groups is 1. The fourth-order valence-corrected chi connectivity index (χ4v) is 2.89. The first-order chi connectivity index (χ1) is 9.20. The van der Waals surface area contributed by atoms with Gasteiger partial charge in [-0.2, -0.15) is 0 Å². The van der Waals surface area contributed by atoms with Gasteiger partial charge in [0.2, 0.25) is 0 Å². The van der Waals surface area contributed by atoms with Crippen molar-refractivity contribution in [1.82, 2.24) is 9.88 Å². The lowest BCUT2D eigenvalue weighted by Crippen LogP contribution is -2.39. The molecule has 1 saturated heterocycles. The summed E-state index contributed by atoms with van der Waals surface area (Å²) in [5.74, 6) is 0.378. The largest absolute Gasteiger partial charge is 0.394 e. The summed E-state index contributed by atoms with van der Waals surface area (Å²) in [6.45, 7) is 2.86. The Labute approximate surface area is 112 Å². The van der Waals surface area contributed by atoms with Crippen LogP contribution in [0, 0.1) is 5.92 Å². The van der Waals surface area contributed by atoms with E-state index in [1.807, 2.05) is 30.5 Å². The third-order valence-electron chi connectivity index (χ3n) is 4.13. The zero-order valence-electron chi connectivity index (χ0n) is 11.0. The Kier molecular flexibility index (Phi) is 3.03. The molecule has 1 aromatic carbocycles. The van der Waals surface area contributed by atoms with E-state index in [1.165, 1.54) is 0 Å². The third-order valence-corrected chi connectivity index (χ3v) is 4.13. The van der Waals surface area contributed by atoms with Crippen molar-refractivity contribution in [3.63, 3.8) is 0 Å². The van der Waals surface area contributed by atoms with Crippen molar-refractivity contribution in [1.29, 1.82) is 0 Å². The van der Waals surface area contributed by atoms with Crippen LogP contribution >= 0.6 is 0 Å². The second-order valence-corrected chi connectivity index (χ2v) is 5.29. The second kappa shape index (κ2) is 4.70. The van der Waals surface area contributed by atoms with Crippen LogP contribution in [0.2, 0.25) is 0 Å². The molecule has 2 aromatic rings. The van der Waals surface area contributed by atoms with E-state index in [1.54, 1.807) is 4.90 Å². The number of amides is 1. The Balaban J connectivity index is 1.90. The lowest BCUT2D eigenvalue weighted by molar-refractivity contribution is 0.0648. The molecule has 2 atom stereocenters. The first kappa shape index (κ1) is 12.2. The summed E-state index contributed by atoms with van der Waals surface area (Å²) in [6.07, 6.45) is 2.83. The highest BCUT2D eigenvalue weighted by Gasteiger charge is 2.34. The zero-order valence-corrected chi connectivity index (χ0v) is 11.0. The highest BCUT2D eigenvalue weighted by Crippen LogP contribution is 2.26. The number of aliphatic hydroxyl groups excluding tert-OH is 1. The van der Waals surface area contributed by atoms with Crippen LogP contribution in [0.15, 0.2) is 30.5 Å². The maximum atomic E-state index is 12.5. The SMILES string of the molecule is CC1CCN(C(=O)c2ccc3cc[nH]c3c2)C1CO. The van der Waals surface area contributed by atoms with Crippen molar-refractivity contribution in [2.45, 2.75) is 19.4 Å². The molecule has 2 N–H and O–H groups in total. The molecule has 1 fully saturated rings. The smallest absolute Gasteiger partial charge is 0.254 e. The molecular formula is C15H18N2O2. The number of carbonyl (C=O) groups excluding carboxylic acids is 1. The number of likely N-dealkylation sites (tertiary alicyclic amines) is 1. The van der Waals surface area contributed by atoms with E-state index in [0.29, 0.717) is 11.5 Å². The summed E-state index contributed by atoms with van der Waals surface area (Å²) in [5, 5.41) is 10.5. The monoisotopic (exact) mass is 258 g/mol. The predicted octanol–water partition coefficient (Wildman–Crippen LogP) is 2.01. The molecule has 2 unspecified atom stereocenters. The molecule has 19 heavy (non-hydrogen) atoms. The molecule has 4 heteroatoms. The van der Waals surface area contributed by atoms with Crippen molar-refractivity contribution in [2.24, 2.45) is 5.92 Å².